The SMILES string of the molecule is COc1ccc(N2C(=O)c3ccccc3C2=O)cc1Cl. The Morgan fingerprint density at radius 2 is 1.60 bits per heavy atom. The molecule has 0 atom stereocenters. The van der Waals surface area contributed by atoms with Crippen LogP contribution in [-0.4, -0.2) is 18.9 Å². The highest BCUT2D eigenvalue weighted by Gasteiger charge is 2.36. The van der Waals surface area contributed by atoms with Gasteiger partial charge in [0.15, 0.2) is 0 Å². The van der Waals surface area contributed by atoms with Gasteiger partial charge in [-0.25, -0.2) is 4.90 Å². The highest BCUT2D eigenvalue weighted by Crippen LogP contribution is 2.33. The number of nitrogens with zero attached hydrogens (tertiary/aromatic N) is 1. The second-order valence-corrected chi connectivity index (χ2v) is 4.72. The summed E-state index contributed by atoms with van der Waals surface area (Å²) in [5.74, 6) is -0.189. The van der Waals surface area contributed by atoms with E-state index in [9.17, 15) is 9.59 Å². The number of benzene rings is 2. The van der Waals surface area contributed by atoms with Crippen molar-refractivity contribution in [3.05, 3.63) is 58.6 Å². The number of carbonyl (C=O) groups is 2. The molecule has 2 amide bonds. The van der Waals surface area contributed by atoms with Crippen molar-refractivity contribution in [2.75, 3.05) is 12.0 Å². The molecule has 100 valence electrons. The number of rotatable bonds is 2. The van der Waals surface area contributed by atoms with Gasteiger partial charge in [0.25, 0.3) is 11.8 Å². The molecule has 0 fully saturated rings. The van der Waals surface area contributed by atoms with Crippen LogP contribution in [-0.2, 0) is 0 Å². The number of hydrogen-bond donors (Lipinski definition) is 0. The maximum absolute atomic E-state index is 12.3. The van der Waals surface area contributed by atoms with Gasteiger partial charge in [-0.15, -0.1) is 0 Å². The summed E-state index contributed by atoms with van der Waals surface area (Å²) in [6.07, 6.45) is 0. The summed E-state index contributed by atoms with van der Waals surface area (Å²) < 4.78 is 5.06. The molecule has 0 unspecified atom stereocenters. The predicted molar refractivity (Wildman–Crippen MR) is 75.6 cm³/mol. The molecule has 0 saturated carbocycles. The minimum atomic E-state index is -0.341. The first-order chi connectivity index (χ1) is 9.63. The van der Waals surface area contributed by atoms with E-state index in [1.807, 2.05) is 0 Å². The molecule has 5 heteroatoms. The van der Waals surface area contributed by atoms with E-state index in [1.54, 1.807) is 42.5 Å². The lowest BCUT2D eigenvalue weighted by atomic mass is 10.1. The molecule has 1 heterocycles. The number of fused-ring (bicyclic) bond motifs is 1. The Morgan fingerprint density at radius 3 is 2.10 bits per heavy atom. The van der Waals surface area contributed by atoms with Crippen molar-refractivity contribution in [3.63, 3.8) is 0 Å². The van der Waals surface area contributed by atoms with Crippen LogP contribution in [0.2, 0.25) is 5.02 Å². The van der Waals surface area contributed by atoms with Crippen LogP contribution in [0, 0.1) is 0 Å². The number of ether oxygens (including phenoxy) is 1. The van der Waals surface area contributed by atoms with Crippen molar-refractivity contribution in [3.8, 4) is 5.75 Å². The molecular formula is C15H10ClNO3. The van der Waals surface area contributed by atoms with Gasteiger partial charge in [0, 0.05) is 0 Å². The Labute approximate surface area is 120 Å². The van der Waals surface area contributed by atoms with Crippen LogP contribution in [0.3, 0.4) is 0 Å². The van der Waals surface area contributed by atoms with E-state index in [4.69, 9.17) is 16.3 Å². The van der Waals surface area contributed by atoms with E-state index in [0.29, 0.717) is 27.6 Å². The lowest BCUT2D eigenvalue weighted by Gasteiger charge is -2.15. The summed E-state index contributed by atoms with van der Waals surface area (Å²) in [5, 5.41) is 0.349. The van der Waals surface area contributed by atoms with Crippen LogP contribution in [0.5, 0.6) is 5.75 Å². The molecule has 1 aliphatic heterocycles. The first kappa shape index (κ1) is 12.7. The zero-order valence-electron chi connectivity index (χ0n) is 10.6. The van der Waals surface area contributed by atoms with Gasteiger partial charge in [-0.1, -0.05) is 23.7 Å². The highest BCUT2D eigenvalue weighted by atomic mass is 35.5. The minimum Gasteiger partial charge on any atom is -0.495 e. The lowest BCUT2D eigenvalue weighted by molar-refractivity contribution is 0.0926. The summed E-state index contributed by atoms with van der Waals surface area (Å²) in [6, 6.07) is 11.5. The molecule has 0 bridgehead atoms. The largest absolute Gasteiger partial charge is 0.495 e. The minimum absolute atomic E-state index is 0.341. The Morgan fingerprint density at radius 1 is 1.00 bits per heavy atom. The predicted octanol–water partition coefficient (Wildman–Crippen LogP) is 3.15. The Balaban J connectivity index is 2.07. The first-order valence-corrected chi connectivity index (χ1v) is 6.32. The van der Waals surface area contributed by atoms with Crippen LogP contribution < -0.4 is 9.64 Å². The summed E-state index contributed by atoms with van der Waals surface area (Å²) in [7, 11) is 1.50. The van der Waals surface area contributed by atoms with Gasteiger partial charge in [-0.2, -0.15) is 0 Å². The molecule has 1 aliphatic rings. The number of anilines is 1. The summed E-state index contributed by atoms with van der Waals surface area (Å²) in [5.41, 5.74) is 1.25. The number of imide groups is 1. The number of halogens is 1. The number of hydrogen-bond acceptors (Lipinski definition) is 3. The van der Waals surface area contributed by atoms with Gasteiger partial charge < -0.3 is 4.74 Å². The van der Waals surface area contributed by atoms with Gasteiger partial charge in [-0.3, -0.25) is 9.59 Å². The highest BCUT2D eigenvalue weighted by molar-refractivity contribution is 6.36. The van der Waals surface area contributed by atoms with Gasteiger partial charge >= 0.3 is 0 Å². The Kier molecular flexibility index (Phi) is 2.95. The normalized spacial score (nSPS) is 13.6. The average Bonchev–Trinajstić information content (AvgIpc) is 2.71. The molecular weight excluding hydrogens is 278 g/mol. The van der Waals surface area contributed by atoms with E-state index < -0.39 is 0 Å². The van der Waals surface area contributed by atoms with Crippen molar-refractivity contribution < 1.29 is 14.3 Å². The first-order valence-electron chi connectivity index (χ1n) is 5.95. The summed E-state index contributed by atoms with van der Waals surface area (Å²) >= 11 is 6.04. The van der Waals surface area contributed by atoms with E-state index in [1.165, 1.54) is 7.11 Å². The molecule has 0 N–H and O–H groups in total. The molecule has 0 spiro atoms. The third-order valence-electron chi connectivity index (χ3n) is 3.19. The Hall–Kier alpha value is -2.33. The van der Waals surface area contributed by atoms with Crippen molar-refractivity contribution in [1.82, 2.24) is 0 Å². The van der Waals surface area contributed by atoms with Crippen molar-refractivity contribution in [1.29, 1.82) is 0 Å². The molecule has 0 aromatic heterocycles. The van der Waals surface area contributed by atoms with E-state index in [0.717, 1.165) is 4.90 Å². The van der Waals surface area contributed by atoms with Crippen LogP contribution in [0.25, 0.3) is 0 Å². The van der Waals surface area contributed by atoms with Crippen molar-refractivity contribution in [2.24, 2.45) is 0 Å². The fourth-order valence-electron chi connectivity index (χ4n) is 2.22. The average molecular weight is 288 g/mol. The van der Waals surface area contributed by atoms with E-state index >= 15 is 0 Å². The van der Waals surface area contributed by atoms with E-state index in [-0.39, 0.29) is 11.8 Å². The molecule has 0 aliphatic carbocycles. The number of carbonyl (C=O) groups excluding carboxylic acids is 2. The van der Waals surface area contributed by atoms with Crippen molar-refractivity contribution >= 4 is 29.1 Å². The van der Waals surface area contributed by atoms with Crippen LogP contribution >= 0.6 is 11.6 Å². The Bertz CT molecular complexity index is 692. The molecule has 2 aromatic carbocycles. The molecule has 3 rings (SSSR count). The molecule has 2 aromatic rings. The second kappa shape index (κ2) is 4.65. The molecule has 0 saturated heterocycles. The maximum atomic E-state index is 12.3. The molecule has 20 heavy (non-hydrogen) atoms. The molecule has 0 radical (unpaired) electrons. The topological polar surface area (TPSA) is 46.6 Å². The fourth-order valence-corrected chi connectivity index (χ4v) is 2.47. The zero-order chi connectivity index (χ0) is 14.3. The standard InChI is InChI=1S/C15H10ClNO3/c1-20-13-7-6-9(8-12(13)16)17-14(18)10-4-2-3-5-11(10)15(17)19/h2-8H,1H3. The summed E-state index contributed by atoms with van der Waals surface area (Å²) in [4.78, 5) is 25.7. The van der Waals surface area contributed by atoms with Crippen LogP contribution in [0.15, 0.2) is 42.5 Å². The van der Waals surface area contributed by atoms with Crippen LogP contribution in [0.1, 0.15) is 20.7 Å². The summed E-state index contributed by atoms with van der Waals surface area (Å²) in [6.45, 7) is 0. The lowest BCUT2D eigenvalue weighted by Crippen LogP contribution is -2.29. The maximum Gasteiger partial charge on any atom is 0.266 e. The zero-order valence-corrected chi connectivity index (χ0v) is 11.3. The van der Waals surface area contributed by atoms with Crippen LogP contribution in [0.4, 0.5) is 5.69 Å². The third kappa shape index (κ3) is 1.77. The van der Waals surface area contributed by atoms with E-state index in [2.05, 4.69) is 0 Å². The number of amides is 2. The van der Waals surface area contributed by atoms with Crippen molar-refractivity contribution in [2.45, 2.75) is 0 Å². The monoisotopic (exact) mass is 287 g/mol. The molecule has 4 nitrogen and oxygen atoms in total. The van der Waals surface area contributed by atoms with Gasteiger partial charge in [-0.05, 0) is 30.3 Å². The van der Waals surface area contributed by atoms with Gasteiger partial charge in [0.2, 0.25) is 0 Å². The quantitative estimate of drug-likeness (QED) is 0.797. The van der Waals surface area contributed by atoms with Gasteiger partial charge in [0.1, 0.15) is 5.75 Å². The number of methoxy groups -OCH3 is 1. The second-order valence-electron chi connectivity index (χ2n) is 4.31. The fraction of sp³-hybridized carbons (Fsp3) is 0.0667. The third-order valence-corrected chi connectivity index (χ3v) is 3.48. The smallest absolute Gasteiger partial charge is 0.266 e. The van der Waals surface area contributed by atoms with Gasteiger partial charge in [0.05, 0.1) is 28.9 Å².